The van der Waals surface area contributed by atoms with Crippen molar-refractivity contribution in [2.45, 2.75) is 12.6 Å². The van der Waals surface area contributed by atoms with E-state index in [4.69, 9.17) is 4.52 Å². The highest BCUT2D eigenvalue weighted by atomic mass is 19.2. The molecule has 5 nitrogen and oxygen atoms in total. The van der Waals surface area contributed by atoms with Crippen LogP contribution in [0.2, 0.25) is 0 Å². The molecule has 1 aromatic heterocycles. The number of hydrogen-bond donors (Lipinski definition) is 1. The van der Waals surface area contributed by atoms with Gasteiger partial charge in [0.25, 0.3) is 5.91 Å². The third kappa shape index (κ3) is 2.72. The molecule has 1 aliphatic heterocycles. The lowest BCUT2D eigenvalue weighted by molar-refractivity contribution is 0.0905. The fourth-order valence-corrected chi connectivity index (χ4v) is 3.41. The number of nitrogens with zero attached hydrogens (tertiary/aromatic N) is 2. The van der Waals surface area contributed by atoms with Crippen LogP contribution in [-0.2, 0) is 6.54 Å². The fourth-order valence-electron chi connectivity index (χ4n) is 3.41. The number of aromatic nitrogens is 1. The van der Waals surface area contributed by atoms with E-state index in [-0.39, 0.29) is 17.7 Å². The first-order chi connectivity index (χ1) is 11.1. The van der Waals surface area contributed by atoms with Crippen LogP contribution in [0.15, 0.2) is 35.0 Å². The number of nitrogens with one attached hydrogen (secondary N) is 1. The molecule has 1 amide bonds. The van der Waals surface area contributed by atoms with Crippen molar-refractivity contribution in [3.8, 4) is 0 Å². The van der Waals surface area contributed by atoms with Gasteiger partial charge in [-0.25, -0.2) is 8.78 Å². The smallest absolute Gasteiger partial charge is 0.290 e. The summed E-state index contributed by atoms with van der Waals surface area (Å²) in [5.74, 6) is -0.848. The van der Waals surface area contributed by atoms with E-state index in [0.29, 0.717) is 18.4 Å². The number of carbonyl (C=O) groups is 1. The molecule has 0 spiro atoms. The summed E-state index contributed by atoms with van der Waals surface area (Å²) in [5, 5.41) is 6.46. The molecule has 3 atom stereocenters. The summed E-state index contributed by atoms with van der Waals surface area (Å²) in [5.41, 5.74) is 0.757. The maximum Gasteiger partial charge on any atom is 0.290 e. The predicted octanol–water partition coefficient (Wildman–Crippen LogP) is 1.81. The second kappa shape index (κ2) is 5.42. The molecule has 0 bridgehead atoms. The quantitative estimate of drug-likeness (QED) is 0.934. The number of rotatable bonds is 4. The van der Waals surface area contributed by atoms with Crippen LogP contribution in [0.5, 0.6) is 0 Å². The first-order valence-corrected chi connectivity index (χ1v) is 7.49. The lowest BCUT2D eigenvalue weighted by Gasteiger charge is -2.19. The molecule has 1 saturated heterocycles. The third-order valence-corrected chi connectivity index (χ3v) is 4.62. The number of likely N-dealkylation sites (tertiary alicyclic amines) is 1. The van der Waals surface area contributed by atoms with Crippen molar-refractivity contribution in [3.05, 3.63) is 53.4 Å². The van der Waals surface area contributed by atoms with E-state index in [1.165, 1.54) is 18.3 Å². The van der Waals surface area contributed by atoms with Gasteiger partial charge >= 0.3 is 0 Å². The van der Waals surface area contributed by atoms with Gasteiger partial charge in [-0.3, -0.25) is 9.69 Å². The lowest BCUT2D eigenvalue weighted by Crippen LogP contribution is -2.34. The number of halogens is 2. The number of amides is 1. The summed E-state index contributed by atoms with van der Waals surface area (Å²) in [6, 6.07) is 5.69. The van der Waals surface area contributed by atoms with Crippen molar-refractivity contribution >= 4 is 5.91 Å². The largest absolute Gasteiger partial charge is 0.351 e. The van der Waals surface area contributed by atoms with Gasteiger partial charge in [-0.05, 0) is 29.5 Å². The number of benzene rings is 1. The Bertz CT molecular complexity index is 723. The highest BCUT2D eigenvalue weighted by Crippen LogP contribution is 2.46. The molecule has 120 valence electrons. The van der Waals surface area contributed by atoms with E-state index in [1.54, 1.807) is 6.07 Å². The SMILES string of the molecule is O=C(NC1[C@H]2CN(Cc3ccc(F)c(F)c3)C[C@@H]12)c1ccno1. The molecule has 23 heavy (non-hydrogen) atoms. The average molecular weight is 319 g/mol. The van der Waals surface area contributed by atoms with Crippen LogP contribution in [0.3, 0.4) is 0 Å². The minimum absolute atomic E-state index is 0.161. The molecule has 2 fully saturated rings. The van der Waals surface area contributed by atoms with E-state index >= 15 is 0 Å². The van der Waals surface area contributed by atoms with Crippen molar-refractivity contribution in [2.75, 3.05) is 13.1 Å². The van der Waals surface area contributed by atoms with Crippen molar-refractivity contribution in [1.82, 2.24) is 15.4 Å². The van der Waals surface area contributed by atoms with Gasteiger partial charge in [-0.15, -0.1) is 0 Å². The first kappa shape index (κ1) is 14.3. The Morgan fingerprint density at radius 1 is 1.26 bits per heavy atom. The standard InChI is InChI=1S/C16H15F2N3O2/c17-12-2-1-9(5-13(12)18)6-21-7-10-11(8-21)15(10)20-16(22)14-3-4-19-23-14/h1-5,10-11,15H,6-8H2,(H,20,22)/t10-,11+,15?. The van der Waals surface area contributed by atoms with E-state index in [2.05, 4.69) is 15.4 Å². The van der Waals surface area contributed by atoms with E-state index in [1.807, 2.05) is 0 Å². The summed E-state index contributed by atoms with van der Waals surface area (Å²) >= 11 is 0. The Hall–Kier alpha value is -2.28. The van der Waals surface area contributed by atoms with Crippen LogP contribution in [0, 0.1) is 23.5 Å². The van der Waals surface area contributed by atoms with Crippen LogP contribution >= 0.6 is 0 Å². The summed E-state index contributed by atoms with van der Waals surface area (Å²) < 4.78 is 31.0. The molecule has 7 heteroatoms. The van der Waals surface area contributed by atoms with Gasteiger partial charge in [-0.1, -0.05) is 11.2 Å². The zero-order valence-electron chi connectivity index (χ0n) is 12.2. The molecule has 1 aliphatic carbocycles. The van der Waals surface area contributed by atoms with Crippen molar-refractivity contribution in [1.29, 1.82) is 0 Å². The molecule has 0 radical (unpaired) electrons. The molecular formula is C16H15F2N3O2. The Morgan fingerprint density at radius 3 is 2.70 bits per heavy atom. The molecule has 2 aliphatic rings. The molecule has 1 unspecified atom stereocenters. The number of carbonyl (C=O) groups excluding carboxylic acids is 1. The Kier molecular flexibility index (Phi) is 3.37. The normalized spacial score (nSPS) is 26.1. The zero-order chi connectivity index (χ0) is 16.0. The van der Waals surface area contributed by atoms with E-state index < -0.39 is 11.6 Å². The lowest BCUT2D eigenvalue weighted by atomic mass is 10.2. The van der Waals surface area contributed by atoms with Gasteiger partial charge < -0.3 is 9.84 Å². The summed E-state index contributed by atoms with van der Waals surface area (Å²) in [4.78, 5) is 14.1. The van der Waals surface area contributed by atoms with Crippen LogP contribution < -0.4 is 5.32 Å². The van der Waals surface area contributed by atoms with Crippen molar-refractivity contribution in [3.63, 3.8) is 0 Å². The monoisotopic (exact) mass is 319 g/mol. The minimum Gasteiger partial charge on any atom is -0.351 e. The van der Waals surface area contributed by atoms with Gasteiger partial charge in [0.1, 0.15) is 0 Å². The first-order valence-electron chi connectivity index (χ1n) is 7.49. The van der Waals surface area contributed by atoms with E-state index in [9.17, 15) is 13.6 Å². The number of piperidine rings is 1. The second-order valence-corrected chi connectivity index (χ2v) is 6.15. The molecule has 1 N–H and O–H groups in total. The average Bonchev–Trinajstić information content (AvgIpc) is 2.96. The summed E-state index contributed by atoms with van der Waals surface area (Å²) in [6.45, 7) is 2.27. The highest BCUT2D eigenvalue weighted by molar-refractivity contribution is 5.91. The molecule has 2 heterocycles. The maximum atomic E-state index is 13.2. The zero-order valence-corrected chi connectivity index (χ0v) is 12.2. The maximum absolute atomic E-state index is 13.2. The Labute approximate surface area is 131 Å². The van der Waals surface area contributed by atoms with Gasteiger partial charge in [0, 0.05) is 31.7 Å². The second-order valence-electron chi connectivity index (χ2n) is 6.15. The van der Waals surface area contributed by atoms with Crippen molar-refractivity contribution in [2.24, 2.45) is 11.8 Å². The highest BCUT2D eigenvalue weighted by Gasteiger charge is 2.56. The van der Waals surface area contributed by atoms with Crippen molar-refractivity contribution < 1.29 is 18.1 Å². The Morgan fingerprint density at radius 2 is 2.04 bits per heavy atom. The van der Waals surface area contributed by atoms with Gasteiger partial charge in [0.2, 0.25) is 5.76 Å². The molecule has 1 saturated carbocycles. The van der Waals surface area contributed by atoms with Gasteiger partial charge in [-0.2, -0.15) is 0 Å². The topological polar surface area (TPSA) is 58.4 Å². The molecule has 4 rings (SSSR count). The van der Waals surface area contributed by atoms with Crippen LogP contribution in [-0.4, -0.2) is 35.1 Å². The molecular weight excluding hydrogens is 304 g/mol. The summed E-state index contributed by atoms with van der Waals surface area (Å²) in [6.07, 6.45) is 1.44. The van der Waals surface area contributed by atoms with E-state index in [0.717, 1.165) is 24.7 Å². The van der Waals surface area contributed by atoms with Crippen LogP contribution in [0.4, 0.5) is 8.78 Å². The predicted molar refractivity (Wildman–Crippen MR) is 76.4 cm³/mol. The van der Waals surface area contributed by atoms with Crippen LogP contribution in [0.1, 0.15) is 16.1 Å². The molecule has 1 aromatic carbocycles. The summed E-state index contributed by atoms with van der Waals surface area (Å²) in [7, 11) is 0. The van der Waals surface area contributed by atoms with Gasteiger partial charge in [0.15, 0.2) is 11.6 Å². The Balaban J connectivity index is 1.30. The van der Waals surface area contributed by atoms with Gasteiger partial charge in [0.05, 0.1) is 6.20 Å². The minimum atomic E-state index is -0.826. The number of fused-ring (bicyclic) bond motifs is 1. The number of hydrogen-bond acceptors (Lipinski definition) is 4. The van der Waals surface area contributed by atoms with Crippen LogP contribution in [0.25, 0.3) is 0 Å². The fraction of sp³-hybridized carbons (Fsp3) is 0.375. The molecule has 2 aromatic rings. The third-order valence-electron chi connectivity index (χ3n) is 4.62.